The van der Waals surface area contributed by atoms with Crippen LogP contribution in [0.4, 0.5) is 4.39 Å². The number of aryl methyl sites for hydroxylation is 1. The number of halogens is 1. The highest BCUT2D eigenvalue weighted by Crippen LogP contribution is 2.29. The van der Waals surface area contributed by atoms with E-state index in [2.05, 4.69) is 39.6 Å². The van der Waals surface area contributed by atoms with Crippen molar-refractivity contribution in [1.82, 2.24) is 15.2 Å². The van der Waals surface area contributed by atoms with E-state index in [1.807, 2.05) is 0 Å². The number of rotatable bonds is 8. The second-order valence-corrected chi connectivity index (χ2v) is 9.16. The fourth-order valence-electron chi connectivity index (χ4n) is 3.92. The molecule has 1 aromatic carbocycles. The summed E-state index contributed by atoms with van der Waals surface area (Å²) in [6.07, 6.45) is 4.77. The molecule has 3 heterocycles. The quantitative estimate of drug-likeness (QED) is 0.531. The highest BCUT2D eigenvalue weighted by Gasteiger charge is 2.25. The fraction of sp³-hybridized carbons (Fsp3) is 0.417. The zero-order valence-electron chi connectivity index (χ0n) is 17.7. The molecule has 0 unspecified atom stereocenters. The van der Waals surface area contributed by atoms with Gasteiger partial charge in [0.1, 0.15) is 5.82 Å². The Morgan fingerprint density at radius 3 is 2.77 bits per heavy atom. The first-order valence-corrected chi connectivity index (χ1v) is 11.7. The second kappa shape index (κ2) is 10.2. The lowest BCUT2D eigenvalue weighted by Gasteiger charge is -2.36. The number of aromatic nitrogens is 1. The molecule has 5 nitrogen and oxygen atoms in total. The molecule has 164 valence electrons. The van der Waals surface area contributed by atoms with Gasteiger partial charge in [-0.25, -0.2) is 9.37 Å². The molecule has 1 saturated heterocycles. The molecule has 1 aliphatic rings. The van der Waals surface area contributed by atoms with Gasteiger partial charge in [0.05, 0.1) is 12.2 Å². The van der Waals surface area contributed by atoms with E-state index in [9.17, 15) is 9.18 Å². The van der Waals surface area contributed by atoms with E-state index in [0.717, 1.165) is 24.6 Å². The Balaban J connectivity index is 1.29. The summed E-state index contributed by atoms with van der Waals surface area (Å²) in [5, 5.41) is 5.20. The highest BCUT2D eigenvalue weighted by atomic mass is 32.1. The first-order chi connectivity index (χ1) is 15.1. The Labute approximate surface area is 186 Å². The van der Waals surface area contributed by atoms with Crippen LogP contribution in [-0.4, -0.2) is 35.4 Å². The predicted octanol–water partition coefficient (Wildman–Crippen LogP) is 5.06. The summed E-state index contributed by atoms with van der Waals surface area (Å²) < 4.78 is 18.8. The lowest BCUT2D eigenvalue weighted by molar-refractivity contribution is -0.121. The topological polar surface area (TPSA) is 58.4 Å². The maximum absolute atomic E-state index is 13.1. The van der Waals surface area contributed by atoms with Gasteiger partial charge in [0.15, 0.2) is 11.7 Å². The van der Waals surface area contributed by atoms with Gasteiger partial charge in [-0.05, 0) is 67.6 Å². The molecular weight excluding hydrogens is 413 g/mol. The van der Waals surface area contributed by atoms with Crippen LogP contribution in [-0.2, 0) is 11.2 Å². The van der Waals surface area contributed by atoms with Gasteiger partial charge in [0, 0.05) is 29.8 Å². The van der Waals surface area contributed by atoms with Gasteiger partial charge < -0.3 is 9.73 Å². The predicted molar refractivity (Wildman–Crippen MR) is 120 cm³/mol. The molecule has 0 aliphatic carbocycles. The third kappa shape index (κ3) is 5.80. The number of thiophene rings is 1. The number of piperidine rings is 1. The molecule has 0 spiro atoms. The number of nitrogens with zero attached hydrogens (tertiary/aromatic N) is 2. The van der Waals surface area contributed by atoms with Gasteiger partial charge in [0.2, 0.25) is 5.91 Å². The molecular formula is C24H28FN3O2S. The molecule has 3 aromatic rings. The van der Waals surface area contributed by atoms with Crippen LogP contribution in [0.3, 0.4) is 0 Å². The summed E-state index contributed by atoms with van der Waals surface area (Å²) in [5.74, 6) is 1.56. The maximum atomic E-state index is 13.1. The molecule has 1 amide bonds. The van der Waals surface area contributed by atoms with Crippen molar-refractivity contribution >= 4 is 17.2 Å². The molecule has 1 N–H and O–H groups in total. The van der Waals surface area contributed by atoms with Crippen LogP contribution in [0.15, 0.2) is 52.4 Å². The molecule has 1 atom stereocenters. The van der Waals surface area contributed by atoms with Crippen LogP contribution < -0.4 is 5.32 Å². The van der Waals surface area contributed by atoms with Gasteiger partial charge in [-0.1, -0.05) is 13.0 Å². The minimum Gasteiger partial charge on any atom is -0.441 e. The molecule has 1 aliphatic heterocycles. The number of oxazole rings is 1. The van der Waals surface area contributed by atoms with Crippen LogP contribution in [0.2, 0.25) is 0 Å². The smallest absolute Gasteiger partial charge is 0.220 e. The zero-order valence-corrected chi connectivity index (χ0v) is 18.5. The van der Waals surface area contributed by atoms with E-state index in [1.54, 1.807) is 29.7 Å². The summed E-state index contributed by atoms with van der Waals surface area (Å²) in [6.45, 7) is 5.06. The third-order valence-electron chi connectivity index (χ3n) is 5.87. The Bertz CT molecular complexity index is 963. The number of hydrogen-bond donors (Lipinski definition) is 1. The maximum Gasteiger partial charge on any atom is 0.220 e. The monoisotopic (exact) mass is 441 g/mol. The van der Waals surface area contributed by atoms with Crippen molar-refractivity contribution in [2.75, 3.05) is 19.6 Å². The van der Waals surface area contributed by atoms with Crippen molar-refractivity contribution in [3.8, 4) is 11.3 Å². The Morgan fingerprint density at radius 1 is 1.29 bits per heavy atom. The van der Waals surface area contributed by atoms with Crippen LogP contribution in [0.1, 0.15) is 43.0 Å². The Hall–Kier alpha value is -2.51. The van der Waals surface area contributed by atoms with Crippen LogP contribution in [0, 0.1) is 11.7 Å². The summed E-state index contributed by atoms with van der Waals surface area (Å²) in [7, 11) is 0. The van der Waals surface area contributed by atoms with E-state index >= 15 is 0 Å². The fourth-order valence-corrected chi connectivity index (χ4v) is 4.78. The summed E-state index contributed by atoms with van der Waals surface area (Å²) in [6, 6.07) is 10.5. The molecule has 0 radical (unpaired) electrons. The number of nitrogens with one attached hydrogen (secondary N) is 1. The number of carbonyl (C=O) groups excluding carboxylic acids is 1. The van der Waals surface area contributed by atoms with Crippen molar-refractivity contribution in [3.63, 3.8) is 0 Å². The van der Waals surface area contributed by atoms with Crippen molar-refractivity contribution in [2.24, 2.45) is 5.92 Å². The first kappa shape index (κ1) is 21.7. The zero-order chi connectivity index (χ0) is 21.6. The molecule has 4 rings (SSSR count). The molecule has 0 saturated carbocycles. The number of benzene rings is 1. The van der Waals surface area contributed by atoms with Crippen molar-refractivity contribution in [3.05, 3.63) is 64.6 Å². The van der Waals surface area contributed by atoms with E-state index in [1.165, 1.54) is 29.9 Å². The minimum atomic E-state index is -0.292. The summed E-state index contributed by atoms with van der Waals surface area (Å²) in [4.78, 5) is 20.6. The molecule has 7 heteroatoms. The standard InChI is InChI=1S/C24H28FN3O2S/c1-17-10-12-28(13-11-17)20(22-3-2-14-31-22)15-26-23(29)8-9-24-27-16-21(30-24)18-4-6-19(25)7-5-18/h2-7,14,16-17,20H,8-13,15H2,1H3,(H,26,29)/t20-/m1/s1. The lowest BCUT2D eigenvalue weighted by atomic mass is 9.97. The summed E-state index contributed by atoms with van der Waals surface area (Å²) in [5.41, 5.74) is 0.763. The minimum absolute atomic E-state index is 0.00605. The third-order valence-corrected chi connectivity index (χ3v) is 6.84. The SMILES string of the molecule is CC1CCN([C@H](CNC(=O)CCc2ncc(-c3ccc(F)cc3)o2)c2cccs2)CC1. The average Bonchev–Trinajstić information content (AvgIpc) is 3.47. The molecule has 31 heavy (non-hydrogen) atoms. The number of amides is 1. The van der Waals surface area contributed by atoms with Crippen molar-refractivity contribution < 1.29 is 13.6 Å². The van der Waals surface area contributed by atoms with E-state index < -0.39 is 0 Å². The Kier molecular flexibility index (Phi) is 7.14. The highest BCUT2D eigenvalue weighted by molar-refractivity contribution is 7.10. The second-order valence-electron chi connectivity index (χ2n) is 8.18. The van der Waals surface area contributed by atoms with E-state index in [4.69, 9.17) is 4.42 Å². The van der Waals surface area contributed by atoms with Gasteiger partial charge in [-0.3, -0.25) is 9.69 Å². The van der Waals surface area contributed by atoms with Gasteiger partial charge >= 0.3 is 0 Å². The van der Waals surface area contributed by atoms with Crippen LogP contribution in [0.5, 0.6) is 0 Å². The largest absolute Gasteiger partial charge is 0.441 e. The molecule has 0 bridgehead atoms. The average molecular weight is 442 g/mol. The number of hydrogen-bond acceptors (Lipinski definition) is 5. The van der Waals surface area contributed by atoms with Crippen LogP contribution in [0.25, 0.3) is 11.3 Å². The van der Waals surface area contributed by atoms with Gasteiger partial charge in [-0.2, -0.15) is 0 Å². The van der Waals surface area contributed by atoms with E-state index in [-0.39, 0.29) is 17.8 Å². The molecule has 1 fully saturated rings. The number of likely N-dealkylation sites (tertiary alicyclic amines) is 1. The normalized spacial score (nSPS) is 16.3. The van der Waals surface area contributed by atoms with Crippen LogP contribution >= 0.6 is 11.3 Å². The van der Waals surface area contributed by atoms with E-state index in [0.29, 0.717) is 31.0 Å². The lowest BCUT2D eigenvalue weighted by Crippen LogP contribution is -2.41. The summed E-state index contributed by atoms with van der Waals surface area (Å²) >= 11 is 1.75. The van der Waals surface area contributed by atoms with Crippen molar-refractivity contribution in [2.45, 2.75) is 38.6 Å². The first-order valence-electron chi connectivity index (χ1n) is 10.8. The number of carbonyl (C=O) groups is 1. The van der Waals surface area contributed by atoms with Gasteiger partial charge in [-0.15, -0.1) is 11.3 Å². The molecule has 2 aromatic heterocycles. The van der Waals surface area contributed by atoms with Crippen molar-refractivity contribution in [1.29, 1.82) is 0 Å². The Morgan fingerprint density at radius 2 is 2.06 bits per heavy atom. The van der Waals surface area contributed by atoms with Gasteiger partial charge in [0.25, 0.3) is 0 Å².